The van der Waals surface area contributed by atoms with Crippen LogP contribution >= 0.6 is 0 Å². The summed E-state index contributed by atoms with van der Waals surface area (Å²) < 4.78 is 19.1. The summed E-state index contributed by atoms with van der Waals surface area (Å²) in [5.74, 6) is -1.79. The SMILES string of the molecule is COc1cc(F)c(-c2ncc(/C=C/C(C)(C)C)cn2)cc1C(=O)O. The molecule has 1 heterocycles. The van der Waals surface area contributed by atoms with E-state index in [2.05, 4.69) is 30.7 Å². The average Bonchev–Trinajstić information content (AvgIpc) is 2.52. The van der Waals surface area contributed by atoms with Crippen molar-refractivity contribution in [3.05, 3.63) is 47.5 Å². The van der Waals surface area contributed by atoms with Gasteiger partial charge in [-0.1, -0.05) is 32.9 Å². The van der Waals surface area contributed by atoms with Gasteiger partial charge in [0.25, 0.3) is 0 Å². The minimum atomic E-state index is -1.21. The molecule has 0 aliphatic heterocycles. The average molecular weight is 330 g/mol. The van der Waals surface area contributed by atoms with Crippen LogP contribution in [0, 0.1) is 11.2 Å². The van der Waals surface area contributed by atoms with Gasteiger partial charge in [0.05, 0.1) is 12.7 Å². The van der Waals surface area contributed by atoms with E-state index < -0.39 is 11.8 Å². The zero-order chi connectivity index (χ0) is 17.9. The minimum absolute atomic E-state index is 0.0135. The van der Waals surface area contributed by atoms with Gasteiger partial charge in [0.1, 0.15) is 17.1 Å². The molecule has 2 aromatic rings. The summed E-state index contributed by atoms with van der Waals surface area (Å²) in [6.45, 7) is 6.21. The summed E-state index contributed by atoms with van der Waals surface area (Å²) >= 11 is 0. The lowest BCUT2D eigenvalue weighted by molar-refractivity contribution is 0.0693. The van der Waals surface area contributed by atoms with E-state index in [-0.39, 0.29) is 28.1 Å². The van der Waals surface area contributed by atoms with E-state index in [9.17, 15) is 14.3 Å². The molecule has 1 aromatic carbocycles. The van der Waals surface area contributed by atoms with Crippen molar-refractivity contribution in [2.24, 2.45) is 5.41 Å². The molecular formula is C18H19FN2O3. The van der Waals surface area contributed by atoms with Crippen molar-refractivity contribution in [1.29, 1.82) is 0 Å². The van der Waals surface area contributed by atoms with E-state index in [1.54, 1.807) is 12.4 Å². The number of rotatable bonds is 4. The van der Waals surface area contributed by atoms with Crippen molar-refractivity contribution < 1.29 is 19.0 Å². The maximum Gasteiger partial charge on any atom is 0.339 e. The van der Waals surface area contributed by atoms with Gasteiger partial charge in [0.2, 0.25) is 0 Å². The van der Waals surface area contributed by atoms with E-state index in [0.29, 0.717) is 0 Å². The zero-order valence-corrected chi connectivity index (χ0v) is 14.0. The fourth-order valence-electron chi connectivity index (χ4n) is 1.97. The number of halogens is 1. The van der Waals surface area contributed by atoms with Crippen LogP contribution in [0.25, 0.3) is 17.5 Å². The van der Waals surface area contributed by atoms with Crippen molar-refractivity contribution in [2.45, 2.75) is 20.8 Å². The fraction of sp³-hybridized carbons (Fsp3) is 0.278. The van der Waals surface area contributed by atoms with Crippen molar-refractivity contribution >= 4 is 12.0 Å². The monoisotopic (exact) mass is 330 g/mol. The summed E-state index contributed by atoms with van der Waals surface area (Å²) in [4.78, 5) is 19.5. The maximum absolute atomic E-state index is 14.2. The Hall–Kier alpha value is -2.76. The van der Waals surface area contributed by atoms with Crippen LogP contribution in [-0.4, -0.2) is 28.2 Å². The Labute approximate surface area is 139 Å². The van der Waals surface area contributed by atoms with Gasteiger partial charge in [-0.3, -0.25) is 0 Å². The lowest BCUT2D eigenvalue weighted by atomic mass is 9.96. The van der Waals surface area contributed by atoms with Crippen LogP contribution in [0.3, 0.4) is 0 Å². The summed E-state index contributed by atoms with van der Waals surface area (Å²) in [6.07, 6.45) is 7.03. The van der Waals surface area contributed by atoms with Crippen LogP contribution in [0.1, 0.15) is 36.7 Å². The van der Waals surface area contributed by atoms with Gasteiger partial charge in [-0.25, -0.2) is 19.2 Å². The quantitative estimate of drug-likeness (QED) is 0.915. The molecule has 0 saturated carbocycles. The van der Waals surface area contributed by atoms with Gasteiger partial charge in [0, 0.05) is 24.0 Å². The first-order chi connectivity index (χ1) is 11.2. The number of nitrogens with zero attached hydrogens (tertiary/aromatic N) is 2. The Kier molecular flexibility index (Phi) is 4.97. The lowest BCUT2D eigenvalue weighted by Gasteiger charge is -2.11. The smallest absolute Gasteiger partial charge is 0.339 e. The highest BCUT2D eigenvalue weighted by molar-refractivity contribution is 5.92. The molecule has 2 rings (SSSR count). The van der Waals surface area contributed by atoms with Crippen molar-refractivity contribution in [3.8, 4) is 17.1 Å². The molecular weight excluding hydrogens is 311 g/mol. The summed E-state index contributed by atoms with van der Waals surface area (Å²) in [6, 6.07) is 2.20. The minimum Gasteiger partial charge on any atom is -0.496 e. The summed E-state index contributed by atoms with van der Waals surface area (Å²) in [5.41, 5.74) is 0.673. The number of benzene rings is 1. The van der Waals surface area contributed by atoms with Gasteiger partial charge < -0.3 is 9.84 Å². The Morgan fingerprint density at radius 2 is 1.88 bits per heavy atom. The fourth-order valence-corrected chi connectivity index (χ4v) is 1.97. The standard InChI is InChI=1S/C18H19FN2O3/c1-18(2,3)6-5-11-9-20-16(21-10-11)12-7-13(17(22)23)15(24-4)8-14(12)19/h5-10H,1-4H3,(H,22,23)/b6-5+. The van der Waals surface area contributed by atoms with Gasteiger partial charge >= 0.3 is 5.97 Å². The number of carboxylic acid groups (broad SMARTS) is 1. The third kappa shape index (κ3) is 4.16. The molecule has 126 valence electrons. The van der Waals surface area contributed by atoms with Gasteiger partial charge in [-0.05, 0) is 11.5 Å². The number of hydrogen-bond donors (Lipinski definition) is 1. The first-order valence-corrected chi connectivity index (χ1v) is 7.34. The second-order valence-corrected chi connectivity index (χ2v) is 6.38. The first kappa shape index (κ1) is 17.6. The van der Waals surface area contributed by atoms with E-state index in [0.717, 1.165) is 11.6 Å². The number of hydrogen-bond acceptors (Lipinski definition) is 4. The number of aromatic carboxylic acids is 1. The summed E-state index contributed by atoms with van der Waals surface area (Å²) in [5, 5.41) is 9.20. The molecule has 1 aromatic heterocycles. The highest BCUT2D eigenvalue weighted by Gasteiger charge is 2.18. The molecule has 5 nitrogen and oxygen atoms in total. The third-order valence-corrected chi connectivity index (χ3v) is 3.21. The number of allylic oxidation sites excluding steroid dienone is 1. The van der Waals surface area contributed by atoms with Crippen LogP contribution in [0.15, 0.2) is 30.6 Å². The van der Waals surface area contributed by atoms with Gasteiger partial charge in [0.15, 0.2) is 5.82 Å². The van der Waals surface area contributed by atoms with E-state index in [4.69, 9.17) is 4.74 Å². The van der Waals surface area contributed by atoms with Crippen molar-refractivity contribution in [2.75, 3.05) is 7.11 Å². The highest BCUT2D eigenvalue weighted by Crippen LogP contribution is 2.28. The number of aromatic nitrogens is 2. The first-order valence-electron chi connectivity index (χ1n) is 7.34. The lowest BCUT2D eigenvalue weighted by Crippen LogP contribution is -2.03. The molecule has 0 fully saturated rings. The predicted molar refractivity (Wildman–Crippen MR) is 89.4 cm³/mol. The number of methoxy groups -OCH3 is 1. The molecule has 0 unspecified atom stereocenters. The molecule has 24 heavy (non-hydrogen) atoms. The normalized spacial score (nSPS) is 11.7. The van der Waals surface area contributed by atoms with E-state index in [1.807, 2.05) is 12.2 Å². The molecule has 0 radical (unpaired) electrons. The highest BCUT2D eigenvalue weighted by atomic mass is 19.1. The van der Waals surface area contributed by atoms with Crippen LogP contribution in [0.5, 0.6) is 5.75 Å². The number of carboxylic acids is 1. The number of carbonyl (C=O) groups is 1. The maximum atomic E-state index is 14.2. The largest absolute Gasteiger partial charge is 0.496 e. The second-order valence-electron chi connectivity index (χ2n) is 6.38. The zero-order valence-electron chi connectivity index (χ0n) is 14.0. The molecule has 1 N–H and O–H groups in total. The van der Waals surface area contributed by atoms with Gasteiger partial charge in [-0.2, -0.15) is 0 Å². The Morgan fingerprint density at radius 3 is 2.38 bits per heavy atom. The molecule has 0 spiro atoms. The molecule has 6 heteroatoms. The van der Waals surface area contributed by atoms with Crippen LogP contribution < -0.4 is 4.74 Å². The molecule has 0 bridgehead atoms. The van der Waals surface area contributed by atoms with Crippen LogP contribution in [0.4, 0.5) is 4.39 Å². The topological polar surface area (TPSA) is 72.3 Å². The molecule has 0 aliphatic rings. The van der Waals surface area contributed by atoms with Crippen LogP contribution in [0.2, 0.25) is 0 Å². The Bertz CT molecular complexity index is 778. The Balaban J connectivity index is 2.40. The summed E-state index contributed by atoms with van der Waals surface area (Å²) in [7, 11) is 1.29. The van der Waals surface area contributed by atoms with Crippen molar-refractivity contribution in [1.82, 2.24) is 9.97 Å². The molecule has 0 saturated heterocycles. The molecule has 0 aliphatic carbocycles. The number of ether oxygens (including phenoxy) is 1. The molecule has 0 atom stereocenters. The van der Waals surface area contributed by atoms with Crippen LogP contribution in [-0.2, 0) is 0 Å². The predicted octanol–water partition coefficient (Wildman–Crippen LogP) is 4.05. The van der Waals surface area contributed by atoms with Gasteiger partial charge in [-0.15, -0.1) is 0 Å². The van der Waals surface area contributed by atoms with E-state index >= 15 is 0 Å². The van der Waals surface area contributed by atoms with E-state index in [1.165, 1.54) is 13.2 Å². The second kappa shape index (κ2) is 6.78. The third-order valence-electron chi connectivity index (χ3n) is 3.21. The Morgan fingerprint density at radius 1 is 1.25 bits per heavy atom. The van der Waals surface area contributed by atoms with Crippen molar-refractivity contribution in [3.63, 3.8) is 0 Å². The molecule has 0 amide bonds.